The summed E-state index contributed by atoms with van der Waals surface area (Å²) in [5, 5.41) is 6.89. The standard InChI is InChI=1S/C24H31N3/c1-16-7-8-19(18(3)27-21-10-11-21)13-22(16)23-12-9-20(14-25-23)17(2)26-15-24(4,5)6/h7-9,12-14,21,26-27H,2-3,10-11,15H2,1,4-6H3. The van der Waals surface area contributed by atoms with Gasteiger partial charge in [0.15, 0.2) is 0 Å². The summed E-state index contributed by atoms with van der Waals surface area (Å²) in [6.45, 7) is 18.0. The van der Waals surface area contributed by atoms with Crippen molar-refractivity contribution >= 4 is 11.4 Å². The molecule has 0 amide bonds. The molecule has 0 atom stereocenters. The largest absolute Gasteiger partial charge is 0.384 e. The van der Waals surface area contributed by atoms with Crippen molar-refractivity contribution in [2.45, 2.75) is 46.6 Å². The summed E-state index contributed by atoms with van der Waals surface area (Å²) >= 11 is 0. The first-order valence-corrected chi connectivity index (χ1v) is 9.69. The SMILES string of the molecule is C=C(NCC(C)(C)C)c1ccc(-c2cc(C(=C)NC3CC3)ccc2C)nc1. The van der Waals surface area contributed by atoms with E-state index in [0.717, 1.165) is 40.3 Å². The van der Waals surface area contributed by atoms with Gasteiger partial charge >= 0.3 is 0 Å². The van der Waals surface area contributed by atoms with Crippen LogP contribution < -0.4 is 10.6 Å². The van der Waals surface area contributed by atoms with Crippen molar-refractivity contribution in [1.82, 2.24) is 15.6 Å². The molecule has 0 bridgehead atoms. The van der Waals surface area contributed by atoms with Gasteiger partial charge in [0, 0.05) is 41.3 Å². The van der Waals surface area contributed by atoms with Gasteiger partial charge in [0.2, 0.25) is 0 Å². The lowest BCUT2D eigenvalue weighted by Crippen LogP contribution is -2.25. The van der Waals surface area contributed by atoms with Gasteiger partial charge in [0.05, 0.1) is 5.69 Å². The van der Waals surface area contributed by atoms with Crippen LogP contribution in [0.15, 0.2) is 49.7 Å². The topological polar surface area (TPSA) is 37.0 Å². The molecule has 0 radical (unpaired) electrons. The van der Waals surface area contributed by atoms with Crippen molar-refractivity contribution in [3.8, 4) is 11.3 Å². The molecule has 1 aromatic carbocycles. The van der Waals surface area contributed by atoms with Crippen LogP contribution in [0, 0.1) is 12.3 Å². The van der Waals surface area contributed by atoms with E-state index >= 15 is 0 Å². The first-order valence-electron chi connectivity index (χ1n) is 9.69. The summed E-state index contributed by atoms with van der Waals surface area (Å²) in [5.74, 6) is 0. The monoisotopic (exact) mass is 361 g/mol. The lowest BCUT2D eigenvalue weighted by molar-refractivity contribution is 0.406. The van der Waals surface area contributed by atoms with Crippen LogP contribution in [0.5, 0.6) is 0 Å². The highest BCUT2D eigenvalue weighted by molar-refractivity contribution is 5.73. The Balaban J connectivity index is 1.76. The fourth-order valence-electron chi connectivity index (χ4n) is 2.85. The van der Waals surface area contributed by atoms with Gasteiger partial charge in [0.25, 0.3) is 0 Å². The summed E-state index contributed by atoms with van der Waals surface area (Å²) in [5.41, 5.74) is 7.60. The number of nitrogens with zero attached hydrogens (tertiary/aromatic N) is 1. The Bertz CT molecular complexity index is 837. The molecule has 0 spiro atoms. The highest BCUT2D eigenvalue weighted by Gasteiger charge is 2.21. The van der Waals surface area contributed by atoms with Gasteiger partial charge in [-0.3, -0.25) is 4.98 Å². The normalized spacial score (nSPS) is 13.9. The second kappa shape index (κ2) is 7.59. The zero-order valence-electron chi connectivity index (χ0n) is 17.0. The molecular weight excluding hydrogens is 330 g/mol. The Labute approximate surface area is 163 Å². The van der Waals surface area contributed by atoms with E-state index in [0.29, 0.717) is 6.04 Å². The van der Waals surface area contributed by atoms with Crippen LogP contribution in [-0.2, 0) is 0 Å². The molecule has 3 rings (SSSR count). The molecule has 1 aliphatic rings. The minimum Gasteiger partial charge on any atom is -0.384 e. The number of hydrogen-bond acceptors (Lipinski definition) is 3. The quantitative estimate of drug-likeness (QED) is 0.694. The highest BCUT2D eigenvalue weighted by Crippen LogP contribution is 2.28. The molecule has 0 unspecified atom stereocenters. The molecule has 0 saturated heterocycles. The van der Waals surface area contributed by atoms with Crippen molar-refractivity contribution in [2.75, 3.05) is 6.54 Å². The number of aryl methyl sites for hydroxylation is 1. The van der Waals surface area contributed by atoms with Crippen molar-refractivity contribution in [2.24, 2.45) is 5.41 Å². The lowest BCUT2D eigenvalue weighted by atomic mass is 9.96. The molecule has 142 valence electrons. The molecule has 2 aromatic rings. The number of rotatable bonds is 7. The van der Waals surface area contributed by atoms with E-state index in [4.69, 9.17) is 4.98 Å². The molecule has 2 N–H and O–H groups in total. The van der Waals surface area contributed by atoms with Crippen molar-refractivity contribution in [3.05, 3.63) is 66.4 Å². The maximum absolute atomic E-state index is 4.70. The Morgan fingerprint density at radius 2 is 1.78 bits per heavy atom. The van der Waals surface area contributed by atoms with Crippen LogP contribution in [0.2, 0.25) is 0 Å². The molecule has 1 heterocycles. The molecular formula is C24H31N3. The minimum atomic E-state index is 0.213. The third-order valence-corrected chi connectivity index (χ3v) is 4.76. The van der Waals surface area contributed by atoms with E-state index in [9.17, 15) is 0 Å². The minimum absolute atomic E-state index is 0.213. The zero-order chi connectivity index (χ0) is 19.6. The molecule has 3 nitrogen and oxygen atoms in total. The third kappa shape index (κ3) is 5.22. The maximum Gasteiger partial charge on any atom is 0.0705 e. The number of aromatic nitrogens is 1. The van der Waals surface area contributed by atoms with Crippen molar-refractivity contribution < 1.29 is 0 Å². The van der Waals surface area contributed by atoms with Crippen LogP contribution in [0.4, 0.5) is 0 Å². The summed E-state index contributed by atoms with van der Waals surface area (Å²) in [6.07, 6.45) is 4.39. The van der Waals surface area contributed by atoms with Gasteiger partial charge in [-0.1, -0.05) is 46.1 Å². The maximum atomic E-state index is 4.70. The average molecular weight is 362 g/mol. The molecule has 3 heteroatoms. The Hall–Kier alpha value is -2.55. The van der Waals surface area contributed by atoms with Gasteiger partial charge in [-0.15, -0.1) is 0 Å². The van der Waals surface area contributed by atoms with Crippen LogP contribution in [0.25, 0.3) is 22.7 Å². The Morgan fingerprint density at radius 3 is 2.37 bits per heavy atom. The van der Waals surface area contributed by atoms with E-state index in [1.165, 1.54) is 18.4 Å². The second-order valence-electron chi connectivity index (χ2n) is 8.75. The molecule has 1 aliphatic carbocycles. The van der Waals surface area contributed by atoms with Gasteiger partial charge in [-0.2, -0.15) is 0 Å². The Kier molecular flexibility index (Phi) is 5.41. The van der Waals surface area contributed by atoms with Gasteiger partial charge in [-0.05, 0) is 54.5 Å². The number of benzene rings is 1. The average Bonchev–Trinajstić information content (AvgIpc) is 3.43. The molecule has 1 saturated carbocycles. The Morgan fingerprint density at radius 1 is 1.07 bits per heavy atom. The summed E-state index contributed by atoms with van der Waals surface area (Å²) in [6, 6.07) is 11.2. The van der Waals surface area contributed by atoms with E-state index < -0.39 is 0 Å². The summed E-state index contributed by atoms with van der Waals surface area (Å²) in [7, 11) is 0. The van der Waals surface area contributed by atoms with E-state index in [1.54, 1.807) is 0 Å². The first kappa shape index (κ1) is 19.2. The van der Waals surface area contributed by atoms with Crippen LogP contribution in [0.3, 0.4) is 0 Å². The summed E-state index contributed by atoms with van der Waals surface area (Å²) in [4.78, 5) is 4.70. The molecule has 1 fully saturated rings. The van der Waals surface area contributed by atoms with Gasteiger partial charge < -0.3 is 10.6 Å². The molecule has 0 aliphatic heterocycles. The van der Waals surface area contributed by atoms with Crippen LogP contribution in [-0.4, -0.2) is 17.6 Å². The second-order valence-corrected chi connectivity index (χ2v) is 8.75. The van der Waals surface area contributed by atoms with Gasteiger partial charge in [-0.25, -0.2) is 0 Å². The predicted molar refractivity (Wildman–Crippen MR) is 116 cm³/mol. The zero-order valence-corrected chi connectivity index (χ0v) is 17.0. The molecule has 27 heavy (non-hydrogen) atoms. The summed E-state index contributed by atoms with van der Waals surface area (Å²) < 4.78 is 0. The van der Waals surface area contributed by atoms with Crippen LogP contribution >= 0.6 is 0 Å². The van der Waals surface area contributed by atoms with Crippen molar-refractivity contribution in [1.29, 1.82) is 0 Å². The lowest BCUT2D eigenvalue weighted by Gasteiger charge is -2.20. The number of hydrogen-bond donors (Lipinski definition) is 2. The molecule has 1 aromatic heterocycles. The number of pyridine rings is 1. The predicted octanol–water partition coefficient (Wildman–Crippen LogP) is 5.39. The van der Waals surface area contributed by atoms with E-state index in [1.807, 2.05) is 6.20 Å². The smallest absolute Gasteiger partial charge is 0.0705 e. The van der Waals surface area contributed by atoms with Gasteiger partial charge in [0.1, 0.15) is 0 Å². The third-order valence-electron chi connectivity index (χ3n) is 4.76. The van der Waals surface area contributed by atoms with E-state index in [-0.39, 0.29) is 5.41 Å². The first-order chi connectivity index (χ1) is 12.7. The fraction of sp³-hybridized carbons (Fsp3) is 0.375. The van der Waals surface area contributed by atoms with Crippen LogP contribution in [0.1, 0.15) is 50.3 Å². The highest BCUT2D eigenvalue weighted by atomic mass is 15.0. The fourth-order valence-corrected chi connectivity index (χ4v) is 2.85. The number of nitrogens with one attached hydrogen (secondary N) is 2. The van der Waals surface area contributed by atoms with E-state index in [2.05, 4.69) is 81.8 Å². The van der Waals surface area contributed by atoms with Crippen molar-refractivity contribution in [3.63, 3.8) is 0 Å².